The maximum Gasteiger partial charge on any atom is 0.326 e. The Bertz CT molecular complexity index is 4380. The maximum absolute atomic E-state index is 14.5. The number of benzene rings is 5. The van der Waals surface area contributed by atoms with Crippen molar-refractivity contribution in [3.8, 4) is 0 Å². The number of carbonyl (C=O) groups is 16. The second kappa shape index (κ2) is 30.2. The Labute approximate surface area is 569 Å². The van der Waals surface area contributed by atoms with Gasteiger partial charge < -0.3 is 63.0 Å². The molecular weight excluding hydrogens is 1300 g/mol. The molecule has 5 aromatic rings. The molecule has 0 bridgehead atoms. The number of piperidine rings is 1. The lowest BCUT2D eigenvalue weighted by molar-refractivity contribution is -0.151. The zero-order valence-corrected chi connectivity index (χ0v) is 54.8. The Balaban J connectivity index is 0.879. The predicted molar refractivity (Wildman–Crippen MR) is 353 cm³/mol. The zero-order chi connectivity index (χ0) is 72.9. The molecule has 2 aliphatic heterocycles. The van der Waals surface area contributed by atoms with Crippen molar-refractivity contribution in [3.63, 3.8) is 0 Å². The molecule has 12 N–H and O–H groups in total. The third-order valence-corrected chi connectivity index (χ3v) is 17.7. The number of aliphatic carboxylic acids is 4. The average molecular weight is 1370 g/mol. The smallest absolute Gasteiger partial charge is 0.326 e. The molecule has 0 aromatic heterocycles. The number of nitrogens with one attached hydrogen (secondary N) is 8. The molecule has 2 heterocycles. The molecule has 100 heavy (non-hydrogen) atoms. The van der Waals surface area contributed by atoms with Crippen LogP contribution in [0.15, 0.2) is 103 Å². The minimum Gasteiger partial charge on any atom is -0.481 e. The summed E-state index contributed by atoms with van der Waals surface area (Å²) in [5, 5.41) is 59.9. The Morgan fingerprint density at radius 2 is 0.870 bits per heavy atom. The highest BCUT2D eigenvalue weighted by Gasteiger charge is 2.49. The monoisotopic (exact) mass is 1370 g/mol. The fourth-order valence-corrected chi connectivity index (χ4v) is 12.6. The van der Waals surface area contributed by atoms with Crippen LogP contribution in [0.25, 0.3) is 33.7 Å². The quantitative estimate of drug-likeness (QED) is 0.0268. The number of nitrogens with zero attached hydrogens (tertiary/aromatic N) is 2. The van der Waals surface area contributed by atoms with E-state index >= 15 is 0 Å². The highest BCUT2D eigenvalue weighted by atomic mass is 16.4. The van der Waals surface area contributed by atoms with Gasteiger partial charge in [-0.15, -0.1) is 0 Å². The molecule has 30 nitrogen and oxygen atoms in total. The molecule has 0 spiro atoms. The summed E-state index contributed by atoms with van der Waals surface area (Å²) in [5.41, 5.74) is 2.42. The van der Waals surface area contributed by atoms with E-state index in [0.29, 0.717) is 48.5 Å². The van der Waals surface area contributed by atoms with Gasteiger partial charge in [0, 0.05) is 40.8 Å². The van der Waals surface area contributed by atoms with Crippen LogP contribution < -0.4 is 47.8 Å². The molecule has 1 fully saturated rings. The first-order chi connectivity index (χ1) is 47.3. The van der Waals surface area contributed by atoms with Crippen molar-refractivity contribution in [1.29, 1.82) is 0 Å². The van der Waals surface area contributed by atoms with Crippen molar-refractivity contribution in [1.82, 2.24) is 52.3 Å². The first-order valence-electron chi connectivity index (χ1n) is 31.9. The van der Waals surface area contributed by atoms with E-state index in [9.17, 15) is 97.1 Å². The summed E-state index contributed by atoms with van der Waals surface area (Å²) in [4.78, 5) is 216. The van der Waals surface area contributed by atoms with Crippen LogP contribution in [0, 0.1) is 17.8 Å². The number of carboxylic acids is 4. The third-order valence-electron chi connectivity index (χ3n) is 17.7. The molecule has 4 unspecified atom stereocenters. The van der Waals surface area contributed by atoms with Gasteiger partial charge in [-0.1, -0.05) is 125 Å². The summed E-state index contributed by atoms with van der Waals surface area (Å²) < 4.78 is 0. The molecular formula is C70H72N10O20. The summed E-state index contributed by atoms with van der Waals surface area (Å²) in [7, 11) is 0. The van der Waals surface area contributed by atoms with Crippen molar-refractivity contribution in [3.05, 3.63) is 141 Å². The van der Waals surface area contributed by atoms with Crippen LogP contribution >= 0.6 is 0 Å². The Hall–Kier alpha value is -12.0. The molecule has 9 rings (SSSR count). The van der Waals surface area contributed by atoms with Crippen LogP contribution in [0.1, 0.15) is 103 Å². The van der Waals surface area contributed by atoms with E-state index in [1.165, 1.54) is 59.8 Å². The minimum atomic E-state index is -1.78. The molecule has 12 amide bonds. The lowest BCUT2D eigenvalue weighted by Crippen LogP contribution is -2.59. The third kappa shape index (κ3) is 15.5. The Morgan fingerprint density at radius 1 is 0.450 bits per heavy atom. The lowest BCUT2D eigenvalue weighted by Gasteiger charge is -2.41. The van der Waals surface area contributed by atoms with Gasteiger partial charge >= 0.3 is 23.9 Å². The SMILES string of the molecule is CC(NC(=O)CN1C(=O)C2=CC=c3c4c(c5ccc6c7c(ccc3c57)C(=O)N(CC(=O)N[C@@H](C)C(=O)N[C@@H](Cc3ccccc3)C(=O)N[C@@H](CC(=O)O)C(=O)N[C@H](C(=O)O)C(C)C)C6=O)C=CC(C1=O)C24)C(=O)N[C@@H](Cc1ccccc1)C(=O)NC(CC(=O)O)C(=O)N[C@H](C(=O)O)C(C)C. The van der Waals surface area contributed by atoms with Crippen LogP contribution in [0.2, 0.25) is 0 Å². The van der Waals surface area contributed by atoms with E-state index in [4.69, 9.17) is 0 Å². The van der Waals surface area contributed by atoms with Gasteiger partial charge in [0.2, 0.25) is 53.2 Å². The lowest BCUT2D eigenvalue weighted by atomic mass is 9.67. The molecule has 1 saturated heterocycles. The van der Waals surface area contributed by atoms with Gasteiger partial charge in [0.15, 0.2) is 0 Å². The van der Waals surface area contributed by atoms with E-state index in [-0.39, 0.29) is 34.9 Å². The van der Waals surface area contributed by atoms with Crippen LogP contribution in [0.3, 0.4) is 0 Å². The van der Waals surface area contributed by atoms with Crippen LogP contribution in [0.4, 0.5) is 0 Å². The summed E-state index contributed by atoms with van der Waals surface area (Å²) >= 11 is 0. The normalized spacial score (nSPS) is 17.4. The molecule has 522 valence electrons. The van der Waals surface area contributed by atoms with Crippen molar-refractivity contribution >= 4 is 128 Å². The Kier molecular flexibility index (Phi) is 21.8. The van der Waals surface area contributed by atoms with Gasteiger partial charge in [-0.3, -0.25) is 76.9 Å². The zero-order valence-electron chi connectivity index (χ0n) is 54.8. The average Bonchev–Trinajstić information content (AvgIpc) is 0.692. The number of amides is 12. The van der Waals surface area contributed by atoms with Gasteiger partial charge in [-0.2, -0.15) is 0 Å². The van der Waals surface area contributed by atoms with Gasteiger partial charge in [-0.05, 0) is 81.4 Å². The molecule has 10 atom stereocenters. The van der Waals surface area contributed by atoms with Gasteiger partial charge in [0.1, 0.15) is 61.4 Å². The molecule has 2 aliphatic carbocycles. The van der Waals surface area contributed by atoms with Crippen LogP contribution in [-0.2, 0) is 80.0 Å². The molecule has 5 aromatic carbocycles. The second-order valence-electron chi connectivity index (χ2n) is 25.4. The van der Waals surface area contributed by atoms with Crippen molar-refractivity contribution in [2.24, 2.45) is 17.8 Å². The Morgan fingerprint density at radius 3 is 1.30 bits per heavy atom. The minimum absolute atomic E-state index is 0.0415. The summed E-state index contributed by atoms with van der Waals surface area (Å²) in [5.74, 6) is -20.3. The number of carboxylic acid groups (broad SMARTS) is 4. The number of allylic oxidation sites excluding steroid dienone is 1. The molecule has 30 heteroatoms. The van der Waals surface area contributed by atoms with Crippen molar-refractivity contribution < 1.29 is 97.1 Å². The second-order valence-corrected chi connectivity index (χ2v) is 25.4. The molecule has 0 saturated carbocycles. The van der Waals surface area contributed by atoms with E-state index in [0.717, 1.165) is 4.90 Å². The van der Waals surface area contributed by atoms with E-state index in [1.807, 2.05) is 0 Å². The van der Waals surface area contributed by atoms with Gasteiger partial charge in [0.05, 0.1) is 18.8 Å². The fraction of sp³-hybridized carbons (Fsp3) is 0.343. The van der Waals surface area contributed by atoms with Crippen molar-refractivity contribution in [2.45, 2.75) is 121 Å². The number of carbonyl (C=O) groups excluding carboxylic acids is 12. The van der Waals surface area contributed by atoms with Gasteiger partial charge in [-0.25, -0.2) is 9.59 Å². The summed E-state index contributed by atoms with van der Waals surface area (Å²) in [6.45, 7) is 6.84. The van der Waals surface area contributed by atoms with E-state index in [2.05, 4.69) is 42.5 Å². The van der Waals surface area contributed by atoms with Crippen molar-refractivity contribution in [2.75, 3.05) is 13.1 Å². The number of fused-ring (bicyclic) bond motifs is 2. The number of rotatable bonds is 30. The maximum atomic E-state index is 14.5. The molecule has 4 aliphatic rings. The van der Waals surface area contributed by atoms with E-state index < -0.39 is 193 Å². The fourth-order valence-electron chi connectivity index (χ4n) is 12.6. The summed E-state index contributed by atoms with van der Waals surface area (Å²) in [6.07, 6.45) is 4.12. The number of hydrogen-bond donors (Lipinski definition) is 12. The highest BCUT2D eigenvalue weighted by Crippen LogP contribution is 2.48. The largest absolute Gasteiger partial charge is 0.481 e. The molecule has 0 radical (unpaired) electrons. The number of likely N-dealkylation sites (tertiary alicyclic amines) is 1. The van der Waals surface area contributed by atoms with E-state index in [1.54, 1.807) is 91.0 Å². The predicted octanol–water partition coefficient (Wildman–Crippen LogP) is -0.0420. The van der Waals surface area contributed by atoms with Crippen LogP contribution in [-0.4, -0.2) is 186 Å². The topological polar surface area (TPSA) is 457 Å². The summed E-state index contributed by atoms with van der Waals surface area (Å²) in [6, 6.07) is 10.5. The highest BCUT2D eigenvalue weighted by molar-refractivity contribution is 6.32. The standard InChI is InChI=1S/C70H72N10O20/c1-31(2)57(69(97)98)77-63(91)47(27-51(83)84)75-61(89)45(25-35-13-9-7-10-14-35)73-59(87)33(5)71-49(81)29-79-65(93)41-21-17-37-39-19-23-43-56-44(24-20-40(54(39)56)38-18-22-42(66(79)94)55(41)53(37)38)68(96)80(67(43)95)30-50(82)72-34(6)60(88)74-46(26-36-15-11-8-12-16-36)62(90)76-48(28-52(85)86)64(92)78-58(32(3)4)70(99)100/h7-24,31-34,41,45-48,55,57-58H,25-30H2,1-6H3,(H,71,81)(H,72,82)(H,73,87)(H,74,88)(H,75,89)(H,76,90)(H,77,91)(H,78,92)(H,83,84)(H,85,86)(H,97,98)(H,99,100)/t33?,34-,41?,45-,46-,47?,48-,55?,57-,58-/m0/s1. The first-order valence-corrected chi connectivity index (χ1v) is 31.9. The van der Waals surface area contributed by atoms with Gasteiger partial charge in [0.25, 0.3) is 17.7 Å². The number of imide groups is 2. The number of hydrogen-bond acceptors (Lipinski definition) is 16. The van der Waals surface area contributed by atoms with Crippen LogP contribution in [0.5, 0.6) is 0 Å². The first kappa shape index (κ1) is 72.3.